The van der Waals surface area contributed by atoms with E-state index in [2.05, 4.69) is 303 Å². The van der Waals surface area contributed by atoms with Crippen molar-refractivity contribution in [3.8, 4) is 44.5 Å². The molecule has 69 heavy (non-hydrogen) atoms. The van der Waals surface area contributed by atoms with Gasteiger partial charge in [0.25, 0.3) is 0 Å². The molecule has 11 aromatic carbocycles. The molecule has 330 valence electrons. The lowest BCUT2D eigenvalue weighted by Gasteiger charge is -2.34. The van der Waals surface area contributed by atoms with Crippen molar-refractivity contribution in [1.82, 2.24) is 0 Å². The maximum atomic E-state index is 2.42. The van der Waals surface area contributed by atoms with E-state index in [1.54, 1.807) is 0 Å². The van der Waals surface area contributed by atoms with E-state index in [-0.39, 0.29) is 0 Å². The number of hydrogen-bond donors (Lipinski definition) is 0. The first-order valence-corrected chi connectivity index (χ1v) is 23.8. The molecule has 0 N–H and O–H groups in total. The Morgan fingerprint density at radius 1 is 0.217 bits per heavy atom. The highest BCUT2D eigenvalue weighted by Crippen LogP contribution is 2.46. The predicted molar refractivity (Wildman–Crippen MR) is 294 cm³/mol. The Morgan fingerprint density at radius 2 is 0.507 bits per heavy atom. The summed E-state index contributed by atoms with van der Waals surface area (Å²) in [7, 11) is 0. The number of rotatable bonds is 12. The van der Waals surface area contributed by atoms with Gasteiger partial charge in [-0.1, -0.05) is 226 Å². The monoisotopic (exact) mass is 884 g/mol. The molecule has 0 aliphatic heterocycles. The maximum Gasteiger partial charge on any atom is 0.0485 e. The van der Waals surface area contributed by atoms with E-state index < -0.39 is 5.41 Å². The first kappa shape index (κ1) is 42.9. The molecule has 0 amide bonds. The molecular weight excluding hydrogens is 833 g/mol. The summed E-state index contributed by atoms with van der Waals surface area (Å²) in [5.41, 5.74) is 17.9. The van der Waals surface area contributed by atoms with E-state index in [0.717, 1.165) is 34.1 Å². The van der Waals surface area contributed by atoms with Crippen molar-refractivity contribution < 1.29 is 0 Å². The van der Waals surface area contributed by atoms with Gasteiger partial charge in [-0.05, 0) is 133 Å². The lowest BCUT2D eigenvalue weighted by Crippen LogP contribution is -2.21. The molecule has 0 fully saturated rings. The summed E-state index contributed by atoms with van der Waals surface area (Å²) < 4.78 is 0. The Balaban J connectivity index is 1.13. The van der Waals surface area contributed by atoms with Crippen LogP contribution in [0.15, 0.2) is 279 Å². The average molecular weight is 885 g/mol. The smallest absolute Gasteiger partial charge is 0.0485 e. The zero-order valence-electron chi connectivity index (χ0n) is 39.0. The standard InChI is InChI=1S/C67H52N2/c1-67(2,59-36-27-53-25-15-16-26-58(53)45-59)60-46-65(68(61-37-28-54(29-38-61)49-17-7-3-8-18-49)62-39-30-55(31-40-62)50-19-9-4-10-20-50)48-66(47-60)69(63-41-32-56(33-42-63)51-21-11-5-12-22-51)64-43-34-57(35-44-64)52-23-13-6-14-24-52/h3-48H,1-2H3. The average Bonchev–Trinajstić information content (AvgIpc) is 3.42. The van der Waals surface area contributed by atoms with Gasteiger partial charge in [-0.3, -0.25) is 0 Å². The fraction of sp³-hybridized carbons (Fsp3) is 0.0448. The van der Waals surface area contributed by atoms with Crippen LogP contribution in [0.2, 0.25) is 0 Å². The second kappa shape index (κ2) is 18.9. The molecule has 0 spiro atoms. The normalized spacial score (nSPS) is 11.3. The van der Waals surface area contributed by atoms with Crippen molar-refractivity contribution in [2.75, 3.05) is 9.80 Å². The molecule has 2 nitrogen and oxygen atoms in total. The van der Waals surface area contributed by atoms with Crippen molar-refractivity contribution in [3.63, 3.8) is 0 Å². The highest BCUT2D eigenvalue weighted by Gasteiger charge is 2.28. The SMILES string of the molecule is CC(C)(c1cc(N(c2ccc(-c3ccccc3)cc2)c2ccc(-c3ccccc3)cc2)cc(N(c2ccc(-c3ccccc3)cc2)c2ccc(-c3ccccc3)cc2)c1)c1ccc2ccccc2c1. The molecule has 2 heteroatoms. The highest BCUT2D eigenvalue weighted by molar-refractivity contribution is 5.87. The van der Waals surface area contributed by atoms with E-state index in [9.17, 15) is 0 Å². The van der Waals surface area contributed by atoms with Gasteiger partial charge < -0.3 is 9.80 Å². The zero-order valence-corrected chi connectivity index (χ0v) is 39.0. The number of fused-ring (bicyclic) bond motifs is 1. The molecular formula is C67H52N2. The summed E-state index contributed by atoms with van der Waals surface area (Å²) in [5.74, 6) is 0. The van der Waals surface area contributed by atoms with E-state index in [1.807, 2.05) is 0 Å². The second-order valence-corrected chi connectivity index (χ2v) is 18.2. The maximum absolute atomic E-state index is 2.42. The van der Waals surface area contributed by atoms with Gasteiger partial charge in [0.1, 0.15) is 0 Å². The van der Waals surface area contributed by atoms with Gasteiger partial charge in [0.05, 0.1) is 0 Å². The van der Waals surface area contributed by atoms with Gasteiger partial charge in [0.2, 0.25) is 0 Å². The van der Waals surface area contributed by atoms with Gasteiger partial charge >= 0.3 is 0 Å². The molecule has 0 saturated heterocycles. The third-order valence-corrected chi connectivity index (χ3v) is 13.5. The summed E-state index contributed by atoms with van der Waals surface area (Å²) in [6.07, 6.45) is 0. The third kappa shape index (κ3) is 8.97. The van der Waals surface area contributed by atoms with Gasteiger partial charge in [-0.2, -0.15) is 0 Å². The van der Waals surface area contributed by atoms with Crippen LogP contribution in [-0.4, -0.2) is 0 Å². The van der Waals surface area contributed by atoms with E-state index in [0.29, 0.717) is 0 Å². The van der Waals surface area contributed by atoms with Gasteiger partial charge in [0.15, 0.2) is 0 Å². The molecule has 0 aliphatic carbocycles. The van der Waals surface area contributed by atoms with E-state index in [1.165, 1.54) is 66.4 Å². The van der Waals surface area contributed by atoms with Crippen LogP contribution in [0, 0.1) is 0 Å². The fourth-order valence-corrected chi connectivity index (χ4v) is 9.59. The molecule has 0 bridgehead atoms. The van der Waals surface area contributed by atoms with Crippen molar-refractivity contribution in [2.45, 2.75) is 19.3 Å². The molecule has 0 atom stereocenters. The molecule has 0 aliphatic rings. The molecule has 0 aromatic heterocycles. The van der Waals surface area contributed by atoms with Crippen molar-refractivity contribution in [1.29, 1.82) is 0 Å². The Kier molecular flexibility index (Phi) is 11.7. The lowest BCUT2D eigenvalue weighted by molar-refractivity contribution is 0.642. The summed E-state index contributed by atoms with van der Waals surface area (Å²) >= 11 is 0. The lowest BCUT2D eigenvalue weighted by atomic mass is 9.77. The van der Waals surface area contributed by atoms with Crippen molar-refractivity contribution >= 4 is 44.9 Å². The van der Waals surface area contributed by atoms with Crippen molar-refractivity contribution in [3.05, 3.63) is 290 Å². The Labute approximate surface area is 406 Å². The molecule has 0 unspecified atom stereocenters. The summed E-state index contributed by atoms with van der Waals surface area (Å²) in [5, 5.41) is 2.47. The second-order valence-electron chi connectivity index (χ2n) is 18.2. The molecule has 0 saturated carbocycles. The van der Waals surface area contributed by atoms with Crippen molar-refractivity contribution in [2.24, 2.45) is 0 Å². The van der Waals surface area contributed by atoms with Gasteiger partial charge in [0, 0.05) is 39.5 Å². The molecule has 11 rings (SSSR count). The van der Waals surface area contributed by atoms with E-state index in [4.69, 9.17) is 0 Å². The minimum atomic E-state index is -0.394. The fourth-order valence-electron chi connectivity index (χ4n) is 9.59. The Bertz CT molecular complexity index is 3100. The Hall–Kier alpha value is -8.72. The summed E-state index contributed by atoms with van der Waals surface area (Å²) in [6.45, 7) is 4.72. The zero-order chi connectivity index (χ0) is 46.6. The first-order chi connectivity index (χ1) is 33.9. The Morgan fingerprint density at radius 3 is 0.841 bits per heavy atom. The van der Waals surface area contributed by atoms with Crippen LogP contribution in [0.4, 0.5) is 34.1 Å². The van der Waals surface area contributed by atoms with Crippen LogP contribution in [0.25, 0.3) is 55.3 Å². The largest absolute Gasteiger partial charge is 0.310 e. The van der Waals surface area contributed by atoms with Gasteiger partial charge in [-0.25, -0.2) is 0 Å². The van der Waals surface area contributed by atoms with Crippen LogP contribution >= 0.6 is 0 Å². The summed E-state index contributed by atoms with van der Waals surface area (Å²) in [6, 6.07) is 101. The summed E-state index contributed by atoms with van der Waals surface area (Å²) in [4.78, 5) is 4.84. The number of hydrogen-bond acceptors (Lipinski definition) is 2. The number of anilines is 6. The first-order valence-electron chi connectivity index (χ1n) is 23.8. The minimum Gasteiger partial charge on any atom is -0.310 e. The topological polar surface area (TPSA) is 6.48 Å². The molecule has 11 aromatic rings. The molecule has 0 radical (unpaired) electrons. The van der Waals surface area contributed by atoms with Gasteiger partial charge in [-0.15, -0.1) is 0 Å². The highest BCUT2D eigenvalue weighted by atomic mass is 15.2. The quantitative estimate of drug-likeness (QED) is 0.121. The van der Waals surface area contributed by atoms with Crippen LogP contribution in [-0.2, 0) is 5.41 Å². The van der Waals surface area contributed by atoms with Crippen LogP contribution < -0.4 is 9.80 Å². The van der Waals surface area contributed by atoms with Crippen LogP contribution in [0.5, 0.6) is 0 Å². The molecule has 0 heterocycles. The number of nitrogens with zero attached hydrogens (tertiary/aromatic N) is 2. The predicted octanol–water partition coefficient (Wildman–Crippen LogP) is 18.8. The number of benzene rings is 11. The van der Waals surface area contributed by atoms with Crippen LogP contribution in [0.1, 0.15) is 25.0 Å². The minimum absolute atomic E-state index is 0.394. The van der Waals surface area contributed by atoms with E-state index >= 15 is 0 Å². The van der Waals surface area contributed by atoms with Crippen LogP contribution in [0.3, 0.4) is 0 Å². The third-order valence-electron chi connectivity index (χ3n) is 13.5.